The van der Waals surface area contributed by atoms with E-state index in [0.29, 0.717) is 12.4 Å². The van der Waals surface area contributed by atoms with E-state index in [4.69, 9.17) is 4.74 Å². The predicted octanol–water partition coefficient (Wildman–Crippen LogP) is 1.66. The van der Waals surface area contributed by atoms with Gasteiger partial charge in [-0.15, -0.1) is 0 Å². The number of nitrogens with zero attached hydrogens (tertiary/aromatic N) is 4. The molecule has 0 bridgehead atoms. The number of ether oxygens (including phenoxy) is 1. The zero-order valence-electron chi connectivity index (χ0n) is 15.3. The van der Waals surface area contributed by atoms with Crippen LogP contribution >= 0.6 is 0 Å². The molecule has 0 saturated carbocycles. The lowest BCUT2D eigenvalue weighted by Crippen LogP contribution is -2.47. The first kappa shape index (κ1) is 18.9. The number of aryl methyl sites for hydroxylation is 1. The van der Waals surface area contributed by atoms with Gasteiger partial charge in [-0.25, -0.2) is 9.07 Å². The summed E-state index contributed by atoms with van der Waals surface area (Å²) in [7, 11) is 0. The maximum Gasteiger partial charge on any atom is 0.307 e. The highest BCUT2D eigenvalue weighted by Crippen LogP contribution is 2.19. The summed E-state index contributed by atoms with van der Waals surface area (Å²) in [6.45, 7) is 5.28. The molecule has 3 rings (SSSR count). The average Bonchev–Trinajstić information content (AvgIpc) is 2.68. The van der Waals surface area contributed by atoms with Crippen molar-refractivity contribution in [2.45, 2.75) is 19.9 Å². The number of piperazine rings is 1. The van der Waals surface area contributed by atoms with E-state index >= 15 is 0 Å². The van der Waals surface area contributed by atoms with Gasteiger partial charge in [-0.2, -0.15) is 5.10 Å². The van der Waals surface area contributed by atoms with E-state index < -0.39 is 0 Å². The molecule has 7 nitrogen and oxygen atoms in total. The van der Waals surface area contributed by atoms with Crippen molar-refractivity contribution in [1.82, 2.24) is 9.78 Å². The maximum atomic E-state index is 13.1. The number of rotatable bonds is 6. The fourth-order valence-corrected chi connectivity index (χ4v) is 3.04. The maximum absolute atomic E-state index is 13.1. The number of halogens is 1. The highest BCUT2D eigenvalue weighted by Gasteiger charge is 2.19. The second-order valence-corrected chi connectivity index (χ2v) is 6.26. The molecule has 0 spiro atoms. The van der Waals surface area contributed by atoms with Gasteiger partial charge in [-0.3, -0.25) is 9.59 Å². The van der Waals surface area contributed by atoms with Crippen molar-refractivity contribution in [2.24, 2.45) is 0 Å². The summed E-state index contributed by atoms with van der Waals surface area (Å²) in [4.78, 5) is 27.8. The standard InChI is InChI=1S/C19H23FN4O3/c1-2-27-19(26)9-10-24-18(25)8-7-17(21-24)23-13-11-22(12-14-23)16-5-3-15(20)4-6-16/h3-8H,2,9-14H2,1H3. The molecule has 27 heavy (non-hydrogen) atoms. The number of carbonyl (C=O) groups is 1. The molecule has 0 N–H and O–H groups in total. The minimum Gasteiger partial charge on any atom is -0.466 e. The van der Waals surface area contributed by atoms with Crippen molar-refractivity contribution in [2.75, 3.05) is 42.6 Å². The first-order valence-electron chi connectivity index (χ1n) is 9.06. The number of anilines is 2. The van der Waals surface area contributed by atoms with Crippen LogP contribution in [0.5, 0.6) is 0 Å². The van der Waals surface area contributed by atoms with Crippen LogP contribution in [-0.2, 0) is 16.1 Å². The molecule has 0 amide bonds. The lowest BCUT2D eigenvalue weighted by molar-refractivity contribution is -0.143. The van der Waals surface area contributed by atoms with Crippen LogP contribution in [0.15, 0.2) is 41.2 Å². The van der Waals surface area contributed by atoms with E-state index in [9.17, 15) is 14.0 Å². The van der Waals surface area contributed by atoms with Gasteiger partial charge < -0.3 is 14.5 Å². The summed E-state index contributed by atoms with van der Waals surface area (Å²) in [5, 5.41) is 4.39. The van der Waals surface area contributed by atoms with Gasteiger partial charge >= 0.3 is 5.97 Å². The molecule has 0 aliphatic carbocycles. The molecule has 1 aromatic heterocycles. The first-order valence-corrected chi connectivity index (χ1v) is 9.06. The van der Waals surface area contributed by atoms with Gasteiger partial charge in [0.25, 0.3) is 5.56 Å². The van der Waals surface area contributed by atoms with Crippen LogP contribution in [0, 0.1) is 5.82 Å². The van der Waals surface area contributed by atoms with Gasteiger partial charge in [0.15, 0.2) is 0 Å². The molecular formula is C19H23FN4O3. The molecule has 1 fully saturated rings. The quantitative estimate of drug-likeness (QED) is 0.717. The van der Waals surface area contributed by atoms with E-state index in [1.807, 2.05) is 0 Å². The Kier molecular flexibility index (Phi) is 6.05. The third-order valence-corrected chi connectivity index (χ3v) is 4.48. The molecule has 1 aliphatic rings. The smallest absolute Gasteiger partial charge is 0.307 e. The van der Waals surface area contributed by atoms with Gasteiger partial charge in [0.2, 0.25) is 0 Å². The zero-order chi connectivity index (χ0) is 19.2. The summed E-state index contributed by atoms with van der Waals surface area (Å²) >= 11 is 0. The van der Waals surface area contributed by atoms with Gasteiger partial charge in [-0.1, -0.05) is 0 Å². The molecule has 2 heterocycles. The summed E-state index contributed by atoms with van der Waals surface area (Å²) < 4.78 is 19.3. The Morgan fingerprint density at radius 3 is 2.41 bits per heavy atom. The Bertz CT molecular complexity index is 830. The predicted molar refractivity (Wildman–Crippen MR) is 101 cm³/mol. The van der Waals surface area contributed by atoms with Crippen LogP contribution < -0.4 is 15.4 Å². The van der Waals surface area contributed by atoms with Crippen molar-refractivity contribution in [3.8, 4) is 0 Å². The molecule has 1 aliphatic heterocycles. The third-order valence-electron chi connectivity index (χ3n) is 4.48. The molecule has 0 radical (unpaired) electrons. The number of hydrogen-bond donors (Lipinski definition) is 0. The monoisotopic (exact) mass is 374 g/mol. The topological polar surface area (TPSA) is 67.7 Å². The molecule has 144 valence electrons. The van der Waals surface area contributed by atoms with Crippen LogP contribution in [0.2, 0.25) is 0 Å². The van der Waals surface area contributed by atoms with Gasteiger partial charge in [0, 0.05) is 37.9 Å². The van der Waals surface area contributed by atoms with Gasteiger partial charge in [-0.05, 0) is 37.3 Å². The molecule has 2 aromatic rings. The lowest BCUT2D eigenvalue weighted by Gasteiger charge is -2.36. The fourth-order valence-electron chi connectivity index (χ4n) is 3.04. The fraction of sp³-hybridized carbons (Fsp3) is 0.421. The van der Waals surface area contributed by atoms with Crippen molar-refractivity contribution in [1.29, 1.82) is 0 Å². The van der Waals surface area contributed by atoms with Crippen molar-refractivity contribution >= 4 is 17.5 Å². The van der Waals surface area contributed by atoms with Crippen LogP contribution in [0.25, 0.3) is 0 Å². The van der Waals surface area contributed by atoms with Crippen molar-refractivity contribution in [3.63, 3.8) is 0 Å². The van der Waals surface area contributed by atoms with Crippen LogP contribution in [0.1, 0.15) is 13.3 Å². The van der Waals surface area contributed by atoms with E-state index in [1.165, 1.54) is 22.9 Å². The molecule has 0 atom stereocenters. The van der Waals surface area contributed by atoms with Gasteiger partial charge in [0.05, 0.1) is 19.6 Å². The van der Waals surface area contributed by atoms with E-state index in [-0.39, 0.29) is 30.3 Å². The second-order valence-electron chi connectivity index (χ2n) is 6.26. The largest absolute Gasteiger partial charge is 0.466 e. The first-order chi connectivity index (χ1) is 13.1. The SMILES string of the molecule is CCOC(=O)CCn1nc(N2CCN(c3ccc(F)cc3)CC2)ccc1=O. The lowest BCUT2D eigenvalue weighted by atomic mass is 10.2. The van der Waals surface area contributed by atoms with Crippen molar-refractivity contribution in [3.05, 3.63) is 52.6 Å². The third kappa shape index (κ3) is 4.84. The Labute approximate surface area is 157 Å². The number of carbonyl (C=O) groups excluding carboxylic acids is 1. The second kappa shape index (κ2) is 8.66. The number of aromatic nitrogens is 2. The van der Waals surface area contributed by atoms with Gasteiger partial charge in [0.1, 0.15) is 11.6 Å². The van der Waals surface area contributed by atoms with E-state index in [1.54, 1.807) is 25.1 Å². The number of benzene rings is 1. The minimum absolute atomic E-state index is 0.114. The van der Waals surface area contributed by atoms with Crippen molar-refractivity contribution < 1.29 is 13.9 Å². The van der Waals surface area contributed by atoms with Crippen LogP contribution in [-0.4, -0.2) is 48.5 Å². The molecule has 1 saturated heterocycles. The van der Waals surface area contributed by atoms with E-state index in [0.717, 1.165) is 31.9 Å². The summed E-state index contributed by atoms with van der Waals surface area (Å²) in [6.07, 6.45) is 0.114. The summed E-state index contributed by atoms with van der Waals surface area (Å²) in [5.74, 6) is 0.119. The zero-order valence-corrected chi connectivity index (χ0v) is 15.3. The Morgan fingerprint density at radius 1 is 1.07 bits per heavy atom. The Hall–Kier alpha value is -2.90. The highest BCUT2D eigenvalue weighted by molar-refractivity contribution is 5.69. The molecule has 1 aromatic carbocycles. The summed E-state index contributed by atoms with van der Waals surface area (Å²) in [5.41, 5.74) is 0.747. The Balaban J connectivity index is 1.62. The minimum atomic E-state index is -0.343. The van der Waals surface area contributed by atoms with Crippen LogP contribution in [0.4, 0.5) is 15.9 Å². The molecular weight excluding hydrogens is 351 g/mol. The average molecular weight is 374 g/mol. The highest BCUT2D eigenvalue weighted by atomic mass is 19.1. The van der Waals surface area contributed by atoms with Crippen LogP contribution in [0.3, 0.4) is 0 Å². The van der Waals surface area contributed by atoms with E-state index in [2.05, 4.69) is 14.9 Å². The number of esters is 1. The number of hydrogen-bond acceptors (Lipinski definition) is 6. The normalized spacial score (nSPS) is 14.3. The summed E-state index contributed by atoms with van der Waals surface area (Å²) in [6, 6.07) is 9.65. The molecule has 8 heteroatoms. The Morgan fingerprint density at radius 2 is 1.74 bits per heavy atom. The molecule has 0 unspecified atom stereocenters.